The van der Waals surface area contributed by atoms with Gasteiger partial charge in [0.05, 0.1) is 65.4 Å². The van der Waals surface area contributed by atoms with E-state index in [1.54, 1.807) is 12.1 Å². The number of quaternary nitrogens is 2. The lowest BCUT2D eigenvalue weighted by atomic mass is 10.1. The third kappa shape index (κ3) is 10.6. The van der Waals surface area contributed by atoms with Crippen molar-refractivity contribution in [1.82, 2.24) is 4.90 Å². The summed E-state index contributed by atoms with van der Waals surface area (Å²) in [6.45, 7) is 5.58. The fourth-order valence-electron chi connectivity index (χ4n) is 5.27. The zero-order chi connectivity index (χ0) is 28.8. The summed E-state index contributed by atoms with van der Waals surface area (Å²) >= 11 is 0. The van der Waals surface area contributed by atoms with Crippen molar-refractivity contribution >= 4 is 17.7 Å². The van der Waals surface area contributed by atoms with Crippen LogP contribution in [0.25, 0.3) is 0 Å². The van der Waals surface area contributed by atoms with Gasteiger partial charge in [-0.1, -0.05) is 48.9 Å². The Morgan fingerprint density at radius 1 is 0.800 bits per heavy atom. The van der Waals surface area contributed by atoms with Gasteiger partial charge >= 0.3 is 0 Å². The highest BCUT2D eigenvalue weighted by Gasteiger charge is 2.34. The van der Waals surface area contributed by atoms with Crippen molar-refractivity contribution in [2.75, 3.05) is 74.1 Å². The number of rotatable bonds is 17. The molecular formula is C32H50N4O4+2. The first-order chi connectivity index (χ1) is 19.2. The molecule has 0 bridgehead atoms. The van der Waals surface area contributed by atoms with Crippen LogP contribution in [0.1, 0.15) is 84.9 Å². The number of ether oxygens (including phenoxy) is 1. The summed E-state index contributed by atoms with van der Waals surface area (Å²) in [6.07, 6.45) is 11.8. The topological polar surface area (TPSA) is 68.2 Å². The summed E-state index contributed by atoms with van der Waals surface area (Å²) in [5, 5.41) is 3.81. The van der Waals surface area contributed by atoms with Crippen LogP contribution in [0.15, 0.2) is 29.4 Å². The normalized spacial score (nSPS) is 15.0. The highest BCUT2D eigenvalue weighted by atomic mass is 16.7. The Morgan fingerprint density at radius 3 is 1.93 bits per heavy atom. The van der Waals surface area contributed by atoms with Gasteiger partial charge in [0.1, 0.15) is 13.2 Å². The molecule has 0 saturated carbocycles. The van der Waals surface area contributed by atoms with Gasteiger partial charge in [-0.3, -0.25) is 14.5 Å². The molecule has 8 heteroatoms. The fraction of sp³-hybridized carbons (Fsp3) is 0.656. The number of amides is 2. The van der Waals surface area contributed by atoms with Crippen molar-refractivity contribution in [3.8, 4) is 11.8 Å². The van der Waals surface area contributed by atoms with Gasteiger partial charge in [0, 0.05) is 13.0 Å². The molecule has 0 fully saturated rings. The van der Waals surface area contributed by atoms with Gasteiger partial charge in [-0.05, 0) is 43.7 Å². The van der Waals surface area contributed by atoms with E-state index in [4.69, 9.17) is 9.57 Å². The van der Waals surface area contributed by atoms with Crippen LogP contribution in [-0.2, 0) is 9.57 Å². The van der Waals surface area contributed by atoms with Gasteiger partial charge in [0.25, 0.3) is 11.8 Å². The SMILES string of the molecule is C[N+](C)(CC#CCOC1=NOCC1)CCCCCCCCCC[N+](C)(C)CCCN1C(=O)c2ccccc2C1=O. The predicted molar refractivity (Wildman–Crippen MR) is 159 cm³/mol. The first-order valence-corrected chi connectivity index (χ1v) is 15.1. The van der Waals surface area contributed by atoms with Crippen molar-refractivity contribution in [2.24, 2.45) is 5.16 Å². The highest BCUT2D eigenvalue weighted by Crippen LogP contribution is 2.22. The average molecular weight is 555 g/mol. The number of benzene rings is 1. The zero-order valence-corrected chi connectivity index (χ0v) is 25.3. The van der Waals surface area contributed by atoms with Crippen LogP contribution >= 0.6 is 0 Å². The molecule has 1 aromatic rings. The van der Waals surface area contributed by atoms with Crippen molar-refractivity contribution in [2.45, 2.75) is 64.2 Å². The van der Waals surface area contributed by atoms with Crippen LogP contribution in [0.5, 0.6) is 0 Å². The molecule has 0 radical (unpaired) electrons. The minimum Gasteiger partial charge on any atom is -0.465 e. The highest BCUT2D eigenvalue weighted by molar-refractivity contribution is 6.21. The zero-order valence-electron chi connectivity index (χ0n) is 25.3. The van der Waals surface area contributed by atoms with E-state index in [0.29, 0.717) is 36.8 Å². The second-order valence-corrected chi connectivity index (χ2v) is 12.4. The van der Waals surface area contributed by atoms with Crippen LogP contribution in [-0.4, -0.2) is 106 Å². The predicted octanol–water partition coefficient (Wildman–Crippen LogP) is 4.70. The number of oxime groups is 1. The van der Waals surface area contributed by atoms with Crippen LogP contribution in [0.4, 0.5) is 0 Å². The molecule has 2 heterocycles. The quantitative estimate of drug-likeness (QED) is 0.121. The second kappa shape index (κ2) is 15.8. The maximum atomic E-state index is 12.5. The maximum absolute atomic E-state index is 12.5. The Kier molecular flexibility index (Phi) is 12.5. The monoisotopic (exact) mass is 554 g/mol. The van der Waals surface area contributed by atoms with Crippen LogP contribution in [0.2, 0.25) is 0 Å². The van der Waals surface area contributed by atoms with E-state index in [9.17, 15) is 9.59 Å². The van der Waals surface area contributed by atoms with Gasteiger partial charge in [0.15, 0.2) is 6.61 Å². The van der Waals surface area contributed by atoms with Crippen LogP contribution in [0.3, 0.4) is 0 Å². The molecule has 1 aromatic carbocycles. The molecule has 3 rings (SSSR count). The minimum absolute atomic E-state index is 0.147. The Hall–Kier alpha value is -2.89. The largest absolute Gasteiger partial charge is 0.465 e. The summed E-state index contributed by atoms with van der Waals surface area (Å²) < 4.78 is 7.31. The number of nitrogens with zero attached hydrogens (tertiary/aromatic N) is 4. The smallest absolute Gasteiger partial charge is 0.261 e. The lowest BCUT2D eigenvalue weighted by molar-refractivity contribution is -0.890. The molecule has 220 valence electrons. The van der Waals surface area contributed by atoms with E-state index in [1.807, 2.05) is 12.1 Å². The molecular weight excluding hydrogens is 504 g/mol. The Bertz CT molecular complexity index is 1040. The summed E-state index contributed by atoms with van der Waals surface area (Å²) in [5.74, 6) is 6.69. The van der Waals surface area contributed by atoms with Crippen molar-refractivity contribution in [1.29, 1.82) is 0 Å². The van der Waals surface area contributed by atoms with Crippen molar-refractivity contribution < 1.29 is 28.1 Å². The van der Waals surface area contributed by atoms with E-state index in [1.165, 1.54) is 56.3 Å². The molecule has 0 N–H and O–H groups in total. The number of imide groups is 1. The first-order valence-electron chi connectivity index (χ1n) is 15.1. The van der Waals surface area contributed by atoms with Crippen LogP contribution in [0, 0.1) is 11.8 Å². The van der Waals surface area contributed by atoms with E-state index >= 15 is 0 Å². The summed E-state index contributed by atoms with van der Waals surface area (Å²) in [5.41, 5.74) is 1.08. The first kappa shape index (κ1) is 31.6. The van der Waals surface area contributed by atoms with E-state index in [0.717, 1.165) is 48.0 Å². The number of carbonyl (C=O) groups excluding carboxylic acids is 2. The average Bonchev–Trinajstić information content (AvgIpc) is 3.52. The van der Waals surface area contributed by atoms with Gasteiger partial charge in [-0.25, -0.2) is 0 Å². The Balaban J connectivity index is 1.15. The molecule has 0 atom stereocenters. The molecule has 8 nitrogen and oxygen atoms in total. The summed E-state index contributed by atoms with van der Waals surface area (Å²) in [7, 11) is 9.00. The standard InChI is InChI=1S/C32H50N4O4/c1-35(2,24-15-16-26-39-30-20-27-40-33-30)22-13-9-7-5-6-8-10-14-23-36(3,4)25-17-21-34-31(37)28-18-11-12-19-29(28)32(34)38/h11-12,18-19H,5-10,13-14,17,20-27H2,1-4H3/q+2. The number of fused-ring (bicyclic) bond motifs is 1. The molecule has 2 amide bonds. The lowest BCUT2D eigenvalue weighted by Crippen LogP contribution is -2.43. The molecule has 0 spiro atoms. The van der Waals surface area contributed by atoms with E-state index < -0.39 is 0 Å². The van der Waals surface area contributed by atoms with Gasteiger partial charge in [-0.15, -0.1) is 0 Å². The Labute approximate surface area is 241 Å². The molecule has 2 aliphatic heterocycles. The molecule has 0 aliphatic carbocycles. The van der Waals surface area contributed by atoms with Crippen molar-refractivity contribution in [3.63, 3.8) is 0 Å². The molecule has 2 aliphatic rings. The third-order valence-corrected chi connectivity index (χ3v) is 7.82. The molecule has 0 saturated heterocycles. The molecule has 0 unspecified atom stereocenters. The summed E-state index contributed by atoms with van der Waals surface area (Å²) in [4.78, 5) is 31.4. The third-order valence-electron chi connectivity index (χ3n) is 7.82. The van der Waals surface area contributed by atoms with Gasteiger partial charge in [-0.2, -0.15) is 0 Å². The number of unbranched alkanes of at least 4 members (excludes halogenated alkanes) is 7. The van der Waals surface area contributed by atoms with E-state index in [2.05, 4.69) is 45.2 Å². The molecule has 40 heavy (non-hydrogen) atoms. The second-order valence-electron chi connectivity index (χ2n) is 12.4. The molecule has 0 aromatic heterocycles. The fourth-order valence-corrected chi connectivity index (χ4v) is 5.27. The number of hydrogen-bond donors (Lipinski definition) is 0. The summed E-state index contributed by atoms with van der Waals surface area (Å²) in [6, 6.07) is 7.12. The lowest BCUT2D eigenvalue weighted by Gasteiger charge is -2.30. The minimum atomic E-state index is -0.147. The van der Waals surface area contributed by atoms with E-state index in [-0.39, 0.29) is 11.8 Å². The Morgan fingerprint density at radius 2 is 1.35 bits per heavy atom. The van der Waals surface area contributed by atoms with Gasteiger partial charge in [0.2, 0.25) is 5.90 Å². The number of hydrogen-bond acceptors (Lipinski definition) is 5. The maximum Gasteiger partial charge on any atom is 0.261 e. The van der Waals surface area contributed by atoms with Gasteiger partial charge < -0.3 is 18.5 Å². The van der Waals surface area contributed by atoms with Crippen LogP contribution < -0.4 is 0 Å². The van der Waals surface area contributed by atoms with Crippen molar-refractivity contribution in [3.05, 3.63) is 35.4 Å². The number of carbonyl (C=O) groups is 2.